The minimum absolute atomic E-state index is 0.107. The molecule has 0 spiro atoms. The number of carbonyl (C=O) groups excluding carboxylic acids is 1. The number of nitrogens with zero attached hydrogens (tertiary/aromatic N) is 5. The molecule has 7 nitrogen and oxygen atoms in total. The number of carbonyl (C=O) groups is 1. The molecule has 4 heterocycles. The van der Waals surface area contributed by atoms with Crippen LogP contribution < -0.4 is 5.73 Å². The van der Waals surface area contributed by atoms with Crippen LogP contribution in [0.3, 0.4) is 0 Å². The summed E-state index contributed by atoms with van der Waals surface area (Å²) in [7, 11) is 0. The van der Waals surface area contributed by atoms with Crippen LogP contribution in [0, 0.1) is 0 Å². The lowest BCUT2D eigenvalue weighted by atomic mass is 9.94. The molecule has 0 bridgehead atoms. The van der Waals surface area contributed by atoms with E-state index in [0.717, 1.165) is 36.4 Å². The Bertz CT molecular complexity index is 872. The van der Waals surface area contributed by atoms with Crippen LogP contribution in [0.25, 0.3) is 5.65 Å². The number of amides is 1. The highest BCUT2D eigenvalue weighted by Crippen LogP contribution is 2.26. The van der Waals surface area contributed by atoms with Gasteiger partial charge in [-0.2, -0.15) is 0 Å². The first-order chi connectivity index (χ1) is 12.2. The fourth-order valence-corrected chi connectivity index (χ4v) is 3.40. The molecule has 0 saturated carbocycles. The number of hydrogen-bond donors (Lipinski definition) is 1. The summed E-state index contributed by atoms with van der Waals surface area (Å²) in [6, 6.07) is 7.71. The van der Waals surface area contributed by atoms with Crippen molar-refractivity contribution in [2.24, 2.45) is 0 Å². The Morgan fingerprint density at radius 3 is 3.04 bits per heavy atom. The van der Waals surface area contributed by atoms with Crippen molar-refractivity contribution in [2.45, 2.75) is 25.2 Å². The predicted molar refractivity (Wildman–Crippen MR) is 93.9 cm³/mol. The Morgan fingerprint density at radius 1 is 1.28 bits per heavy atom. The van der Waals surface area contributed by atoms with E-state index in [0.29, 0.717) is 13.0 Å². The molecular formula is C18H20N6O. The topological polar surface area (TPSA) is 89.4 Å². The van der Waals surface area contributed by atoms with Gasteiger partial charge in [0.2, 0.25) is 11.9 Å². The maximum absolute atomic E-state index is 12.7. The van der Waals surface area contributed by atoms with Crippen LogP contribution in [0.2, 0.25) is 0 Å². The number of piperidine rings is 1. The van der Waals surface area contributed by atoms with E-state index in [2.05, 4.69) is 15.0 Å². The molecule has 128 valence electrons. The van der Waals surface area contributed by atoms with Crippen LogP contribution >= 0.6 is 0 Å². The molecule has 7 heteroatoms. The molecule has 4 rings (SSSR count). The van der Waals surface area contributed by atoms with Crippen LogP contribution in [-0.4, -0.2) is 43.2 Å². The summed E-state index contributed by atoms with van der Waals surface area (Å²) in [6.07, 6.45) is 7.82. The maximum atomic E-state index is 12.7. The molecule has 1 aliphatic rings. The number of imidazole rings is 1. The van der Waals surface area contributed by atoms with E-state index in [-0.39, 0.29) is 17.8 Å². The highest BCUT2D eigenvalue weighted by molar-refractivity contribution is 5.78. The van der Waals surface area contributed by atoms with Gasteiger partial charge in [0, 0.05) is 37.6 Å². The van der Waals surface area contributed by atoms with Crippen LogP contribution in [0.5, 0.6) is 0 Å². The second-order valence-electron chi connectivity index (χ2n) is 6.39. The zero-order chi connectivity index (χ0) is 17.2. The average molecular weight is 336 g/mol. The lowest BCUT2D eigenvalue weighted by molar-refractivity contribution is -0.131. The van der Waals surface area contributed by atoms with Gasteiger partial charge in [-0.15, -0.1) is 0 Å². The highest BCUT2D eigenvalue weighted by atomic mass is 16.2. The number of aromatic nitrogens is 4. The van der Waals surface area contributed by atoms with Gasteiger partial charge in [0.1, 0.15) is 5.65 Å². The molecule has 1 atom stereocenters. The standard InChI is InChI=1S/C18H20N6O/c19-18-20-7-6-15(22-18)13-4-3-9-24(11-13)17(25)10-14-12-23-8-2-1-5-16(23)21-14/h1-2,5-8,12-13H,3-4,9-11H2,(H2,19,20,22). The lowest BCUT2D eigenvalue weighted by Crippen LogP contribution is -2.40. The number of fused-ring (bicyclic) bond motifs is 1. The van der Waals surface area contributed by atoms with Crippen LogP contribution in [0.1, 0.15) is 30.1 Å². The molecule has 0 aliphatic carbocycles. The molecule has 0 radical (unpaired) electrons. The number of nitrogen functional groups attached to an aromatic ring is 1. The molecule has 2 N–H and O–H groups in total. The number of anilines is 1. The van der Waals surface area contributed by atoms with Gasteiger partial charge in [-0.05, 0) is 31.0 Å². The summed E-state index contributed by atoms with van der Waals surface area (Å²) in [5.41, 5.74) is 8.26. The Kier molecular flexibility index (Phi) is 4.05. The smallest absolute Gasteiger partial charge is 0.228 e. The average Bonchev–Trinajstić information content (AvgIpc) is 3.04. The van der Waals surface area contributed by atoms with Gasteiger partial charge in [-0.1, -0.05) is 6.07 Å². The van der Waals surface area contributed by atoms with Crippen LogP contribution in [-0.2, 0) is 11.2 Å². The Balaban J connectivity index is 1.46. The summed E-state index contributed by atoms with van der Waals surface area (Å²) in [6.45, 7) is 1.45. The normalized spacial score (nSPS) is 17.8. The molecule has 0 aromatic carbocycles. The van der Waals surface area contributed by atoms with Crippen LogP contribution in [0.4, 0.5) is 5.95 Å². The van der Waals surface area contributed by atoms with E-state index in [4.69, 9.17) is 5.73 Å². The van der Waals surface area contributed by atoms with E-state index in [9.17, 15) is 4.79 Å². The minimum atomic E-state index is 0.107. The molecule has 3 aromatic heterocycles. The van der Waals surface area contributed by atoms with Gasteiger partial charge in [0.25, 0.3) is 0 Å². The second-order valence-corrected chi connectivity index (χ2v) is 6.39. The molecule has 1 unspecified atom stereocenters. The zero-order valence-electron chi connectivity index (χ0n) is 13.9. The van der Waals surface area contributed by atoms with E-state index in [1.807, 2.05) is 46.0 Å². The summed E-state index contributed by atoms with van der Waals surface area (Å²) >= 11 is 0. The van der Waals surface area contributed by atoms with Crippen molar-refractivity contribution in [3.05, 3.63) is 54.2 Å². The van der Waals surface area contributed by atoms with Gasteiger partial charge in [0.15, 0.2) is 0 Å². The maximum Gasteiger partial charge on any atom is 0.228 e. The number of rotatable bonds is 3. The van der Waals surface area contributed by atoms with Crippen molar-refractivity contribution in [1.82, 2.24) is 24.3 Å². The molecule has 1 fully saturated rings. The van der Waals surface area contributed by atoms with Crippen LogP contribution in [0.15, 0.2) is 42.9 Å². The molecular weight excluding hydrogens is 316 g/mol. The summed E-state index contributed by atoms with van der Waals surface area (Å²) < 4.78 is 1.94. The number of nitrogens with two attached hydrogens (primary N) is 1. The van der Waals surface area contributed by atoms with E-state index in [1.54, 1.807) is 6.20 Å². The van der Waals surface area contributed by atoms with Crippen molar-refractivity contribution in [3.63, 3.8) is 0 Å². The quantitative estimate of drug-likeness (QED) is 0.785. The van der Waals surface area contributed by atoms with Crippen molar-refractivity contribution >= 4 is 17.5 Å². The van der Waals surface area contributed by atoms with E-state index in [1.165, 1.54) is 0 Å². The first-order valence-corrected chi connectivity index (χ1v) is 8.48. The molecule has 25 heavy (non-hydrogen) atoms. The molecule has 1 aliphatic heterocycles. The minimum Gasteiger partial charge on any atom is -0.368 e. The SMILES string of the molecule is Nc1nccc(C2CCCN(C(=O)Cc3cn4ccccc4n3)C2)n1. The van der Waals surface area contributed by atoms with Gasteiger partial charge in [0.05, 0.1) is 17.8 Å². The lowest BCUT2D eigenvalue weighted by Gasteiger charge is -2.32. The van der Waals surface area contributed by atoms with Crippen molar-refractivity contribution < 1.29 is 4.79 Å². The first-order valence-electron chi connectivity index (χ1n) is 8.48. The summed E-state index contributed by atoms with van der Waals surface area (Å²) in [5.74, 6) is 0.602. The zero-order valence-corrected chi connectivity index (χ0v) is 13.9. The highest BCUT2D eigenvalue weighted by Gasteiger charge is 2.26. The third kappa shape index (κ3) is 3.31. The van der Waals surface area contributed by atoms with Gasteiger partial charge in [-0.25, -0.2) is 15.0 Å². The number of pyridine rings is 1. The van der Waals surface area contributed by atoms with Gasteiger partial charge in [-0.3, -0.25) is 4.79 Å². The van der Waals surface area contributed by atoms with Crippen molar-refractivity contribution in [1.29, 1.82) is 0 Å². The molecule has 3 aromatic rings. The van der Waals surface area contributed by atoms with Gasteiger partial charge < -0.3 is 15.0 Å². The number of hydrogen-bond acceptors (Lipinski definition) is 5. The van der Waals surface area contributed by atoms with Crippen molar-refractivity contribution in [3.8, 4) is 0 Å². The molecule has 1 saturated heterocycles. The van der Waals surface area contributed by atoms with Crippen molar-refractivity contribution in [2.75, 3.05) is 18.8 Å². The fraction of sp³-hybridized carbons (Fsp3) is 0.333. The monoisotopic (exact) mass is 336 g/mol. The summed E-state index contributed by atoms with van der Waals surface area (Å²) in [5, 5.41) is 0. The first kappa shape index (κ1) is 15.6. The largest absolute Gasteiger partial charge is 0.368 e. The van der Waals surface area contributed by atoms with E-state index < -0.39 is 0 Å². The van der Waals surface area contributed by atoms with E-state index >= 15 is 0 Å². The second kappa shape index (κ2) is 6.51. The Hall–Kier alpha value is -2.96. The number of likely N-dealkylation sites (tertiary alicyclic amines) is 1. The summed E-state index contributed by atoms with van der Waals surface area (Å²) in [4.78, 5) is 27.4. The van der Waals surface area contributed by atoms with Gasteiger partial charge >= 0.3 is 0 Å². The third-order valence-electron chi connectivity index (χ3n) is 4.63. The molecule has 1 amide bonds. The fourth-order valence-electron chi connectivity index (χ4n) is 3.40. The Labute approximate surface area is 145 Å². The predicted octanol–water partition coefficient (Wildman–Crippen LogP) is 1.66. The third-order valence-corrected chi connectivity index (χ3v) is 4.63. The Morgan fingerprint density at radius 2 is 2.20 bits per heavy atom.